The Bertz CT molecular complexity index is 321. The van der Waals surface area contributed by atoms with Crippen molar-refractivity contribution in [1.82, 2.24) is 5.32 Å². The first-order valence-corrected chi connectivity index (χ1v) is 8.10. The molecule has 0 saturated carbocycles. The molecule has 20 heavy (non-hydrogen) atoms. The minimum atomic E-state index is -0.576. The molecule has 2 aliphatic heterocycles. The summed E-state index contributed by atoms with van der Waals surface area (Å²) >= 11 is 0. The van der Waals surface area contributed by atoms with E-state index in [1.165, 1.54) is 19.3 Å². The molecule has 0 aromatic heterocycles. The standard InChI is InChI=1S/C16H28NO3/c1-2-3-4-5-6-7-8-15(19)20-16-10-9-13(17-16)11-14(18)12-16/h13-14,17-18H,1-12H2. The second-order valence-electron chi connectivity index (χ2n) is 6.31. The van der Waals surface area contributed by atoms with Gasteiger partial charge in [-0.1, -0.05) is 39.0 Å². The van der Waals surface area contributed by atoms with Gasteiger partial charge in [0.1, 0.15) is 0 Å². The summed E-state index contributed by atoms with van der Waals surface area (Å²) in [6.07, 6.45) is 9.86. The number of hydrogen-bond acceptors (Lipinski definition) is 4. The number of hydrogen-bond donors (Lipinski definition) is 2. The number of unbranched alkanes of at least 4 members (excludes halogenated alkanes) is 5. The van der Waals surface area contributed by atoms with Gasteiger partial charge in [-0.25, -0.2) is 0 Å². The molecule has 2 saturated heterocycles. The summed E-state index contributed by atoms with van der Waals surface area (Å²) in [5, 5.41) is 13.2. The van der Waals surface area contributed by atoms with Crippen LogP contribution in [-0.4, -0.2) is 28.9 Å². The molecular formula is C16H28NO3. The molecule has 3 atom stereocenters. The van der Waals surface area contributed by atoms with Gasteiger partial charge in [0, 0.05) is 25.3 Å². The predicted molar refractivity (Wildman–Crippen MR) is 77.9 cm³/mol. The van der Waals surface area contributed by atoms with E-state index in [-0.39, 0.29) is 12.1 Å². The molecule has 0 aromatic carbocycles. The highest BCUT2D eigenvalue weighted by molar-refractivity contribution is 5.69. The Morgan fingerprint density at radius 1 is 1.30 bits per heavy atom. The summed E-state index contributed by atoms with van der Waals surface area (Å²) in [6.45, 7) is 3.82. The van der Waals surface area contributed by atoms with Gasteiger partial charge in [0.05, 0.1) is 6.10 Å². The minimum absolute atomic E-state index is 0.121. The van der Waals surface area contributed by atoms with Gasteiger partial charge in [-0.15, -0.1) is 0 Å². The van der Waals surface area contributed by atoms with Crippen LogP contribution in [0.5, 0.6) is 0 Å². The van der Waals surface area contributed by atoms with Crippen LogP contribution in [0, 0.1) is 6.92 Å². The van der Waals surface area contributed by atoms with E-state index in [9.17, 15) is 9.90 Å². The summed E-state index contributed by atoms with van der Waals surface area (Å²) in [4.78, 5) is 11.9. The highest BCUT2D eigenvalue weighted by Gasteiger charge is 2.47. The molecule has 115 valence electrons. The first kappa shape index (κ1) is 15.8. The summed E-state index contributed by atoms with van der Waals surface area (Å²) in [6, 6.07) is 0.314. The van der Waals surface area contributed by atoms with Crippen molar-refractivity contribution in [3.05, 3.63) is 6.92 Å². The minimum Gasteiger partial charge on any atom is -0.444 e. The van der Waals surface area contributed by atoms with Crippen LogP contribution in [0.25, 0.3) is 0 Å². The Balaban J connectivity index is 1.64. The van der Waals surface area contributed by atoms with Crippen molar-refractivity contribution in [3.8, 4) is 0 Å². The third-order valence-electron chi connectivity index (χ3n) is 4.43. The Morgan fingerprint density at radius 3 is 2.85 bits per heavy atom. The zero-order valence-electron chi connectivity index (χ0n) is 12.4. The smallest absolute Gasteiger partial charge is 0.307 e. The molecule has 0 aromatic rings. The van der Waals surface area contributed by atoms with E-state index in [0.717, 1.165) is 38.5 Å². The van der Waals surface area contributed by atoms with Gasteiger partial charge >= 0.3 is 5.97 Å². The molecule has 3 unspecified atom stereocenters. The van der Waals surface area contributed by atoms with Gasteiger partial charge in [0.15, 0.2) is 5.72 Å². The molecule has 1 radical (unpaired) electrons. The number of carbonyl (C=O) groups excluding carboxylic acids is 1. The van der Waals surface area contributed by atoms with Crippen LogP contribution in [0.4, 0.5) is 0 Å². The number of ether oxygens (including phenoxy) is 1. The molecule has 2 aliphatic rings. The van der Waals surface area contributed by atoms with Crippen LogP contribution in [0.15, 0.2) is 0 Å². The lowest BCUT2D eigenvalue weighted by atomic mass is 9.99. The lowest BCUT2D eigenvalue weighted by molar-refractivity contribution is -0.168. The first-order chi connectivity index (χ1) is 9.63. The van der Waals surface area contributed by atoms with Crippen molar-refractivity contribution in [2.24, 2.45) is 0 Å². The lowest BCUT2D eigenvalue weighted by Crippen LogP contribution is -2.53. The lowest BCUT2D eigenvalue weighted by Gasteiger charge is -2.36. The molecular weight excluding hydrogens is 254 g/mol. The highest BCUT2D eigenvalue weighted by Crippen LogP contribution is 2.37. The molecule has 2 bridgehead atoms. The molecule has 2 heterocycles. The first-order valence-electron chi connectivity index (χ1n) is 8.10. The number of aliphatic hydroxyl groups is 1. The zero-order chi connectivity index (χ0) is 14.4. The second-order valence-corrected chi connectivity index (χ2v) is 6.31. The topological polar surface area (TPSA) is 58.6 Å². The Kier molecular flexibility index (Phi) is 5.85. The van der Waals surface area contributed by atoms with Crippen LogP contribution in [0.2, 0.25) is 0 Å². The van der Waals surface area contributed by atoms with Crippen LogP contribution in [0.1, 0.15) is 70.6 Å². The van der Waals surface area contributed by atoms with Crippen molar-refractivity contribution in [2.75, 3.05) is 0 Å². The Morgan fingerprint density at radius 2 is 2.05 bits per heavy atom. The highest BCUT2D eigenvalue weighted by atomic mass is 16.6. The van der Waals surface area contributed by atoms with Crippen molar-refractivity contribution >= 4 is 5.97 Å². The SMILES string of the molecule is [CH2]CCCCCCCC(=O)OC12CCC(CC(O)C1)N2. The van der Waals surface area contributed by atoms with E-state index in [4.69, 9.17) is 4.74 Å². The molecule has 2 rings (SSSR count). The molecule has 2 fully saturated rings. The van der Waals surface area contributed by atoms with Gasteiger partial charge in [-0.3, -0.25) is 10.1 Å². The molecule has 4 nitrogen and oxygen atoms in total. The van der Waals surface area contributed by atoms with Crippen LogP contribution < -0.4 is 5.32 Å². The third kappa shape index (κ3) is 4.45. The molecule has 0 spiro atoms. The number of esters is 1. The quantitative estimate of drug-likeness (QED) is 0.531. The number of rotatable bonds is 8. The van der Waals surface area contributed by atoms with Crippen LogP contribution in [0.3, 0.4) is 0 Å². The number of aliphatic hydroxyl groups excluding tert-OH is 1. The third-order valence-corrected chi connectivity index (χ3v) is 4.43. The zero-order valence-corrected chi connectivity index (χ0v) is 12.4. The maximum absolute atomic E-state index is 11.9. The van der Waals surface area contributed by atoms with Crippen LogP contribution >= 0.6 is 0 Å². The molecule has 0 aliphatic carbocycles. The average Bonchev–Trinajstić information content (AvgIpc) is 2.69. The van der Waals surface area contributed by atoms with E-state index in [0.29, 0.717) is 18.9 Å². The molecule has 2 N–H and O–H groups in total. The predicted octanol–water partition coefficient (Wildman–Crippen LogP) is 2.70. The van der Waals surface area contributed by atoms with Crippen molar-refractivity contribution in [2.45, 2.75) is 88.5 Å². The fourth-order valence-electron chi connectivity index (χ4n) is 3.42. The number of piperidine rings is 1. The van der Waals surface area contributed by atoms with E-state index in [1.54, 1.807) is 0 Å². The fourth-order valence-corrected chi connectivity index (χ4v) is 3.42. The summed E-state index contributed by atoms with van der Waals surface area (Å²) in [5.74, 6) is -0.121. The van der Waals surface area contributed by atoms with E-state index >= 15 is 0 Å². The van der Waals surface area contributed by atoms with E-state index in [2.05, 4.69) is 12.2 Å². The number of fused-ring (bicyclic) bond motifs is 2. The average molecular weight is 282 g/mol. The summed E-state index contributed by atoms with van der Waals surface area (Å²) in [5.41, 5.74) is -0.576. The maximum atomic E-state index is 11.9. The van der Waals surface area contributed by atoms with Gasteiger partial charge < -0.3 is 9.84 Å². The largest absolute Gasteiger partial charge is 0.444 e. The second kappa shape index (κ2) is 7.41. The summed E-state index contributed by atoms with van der Waals surface area (Å²) in [7, 11) is 0. The monoisotopic (exact) mass is 282 g/mol. The fraction of sp³-hybridized carbons (Fsp3) is 0.875. The maximum Gasteiger partial charge on any atom is 0.307 e. The van der Waals surface area contributed by atoms with Gasteiger partial charge in [-0.05, 0) is 19.3 Å². The van der Waals surface area contributed by atoms with Crippen molar-refractivity contribution in [1.29, 1.82) is 0 Å². The van der Waals surface area contributed by atoms with Gasteiger partial charge in [0.25, 0.3) is 0 Å². The van der Waals surface area contributed by atoms with Gasteiger partial charge in [0.2, 0.25) is 0 Å². The Hall–Kier alpha value is -0.610. The van der Waals surface area contributed by atoms with E-state index in [1.807, 2.05) is 0 Å². The van der Waals surface area contributed by atoms with Crippen LogP contribution in [-0.2, 0) is 9.53 Å². The summed E-state index contributed by atoms with van der Waals surface area (Å²) < 4.78 is 5.65. The number of carbonyl (C=O) groups is 1. The normalized spacial score (nSPS) is 32.3. The van der Waals surface area contributed by atoms with Gasteiger partial charge in [-0.2, -0.15) is 0 Å². The van der Waals surface area contributed by atoms with Crippen molar-refractivity contribution in [3.63, 3.8) is 0 Å². The molecule has 0 amide bonds. The van der Waals surface area contributed by atoms with E-state index < -0.39 is 5.72 Å². The Labute approximate surface area is 122 Å². The number of nitrogens with one attached hydrogen (secondary N) is 1. The van der Waals surface area contributed by atoms with Crippen molar-refractivity contribution < 1.29 is 14.6 Å². The molecule has 4 heteroatoms.